The molecular formula is C11H8F8. The summed E-state index contributed by atoms with van der Waals surface area (Å²) in [5.41, 5.74) is -4.92. The minimum atomic E-state index is -5.19. The lowest BCUT2D eigenvalue weighted by Crippen LogP contribution is -2.21. The van der Waals surface area contributed by atoms with Crippen molar-refractivity contribution in [3.8, 4) is 0 Å². The van der Waals surface area contributed by atoms with Gasteiger partial charge in [-0.05, 0) is 6.07 Å². The molecule has 0 aliphatic rings. The number of benzene rings is 1. The summed E-state index contributed by atoms with van der Waals surface area (Å²) in [6, 6.07) is 1.41. The number of alkyl halides is 8. The average Bonchev–Trinajstić information content (AvgIpc) is 2.24. The number of rotatable bonds is 3. The lowest BCUT2D eigenvalue weighted by Gasteiger charge is -2.22. The zero-order valence-electron chi connectivity index (χ0n) is 9.41. The minimum absolute atomic E-state index is 0.0965. The van der Waals surface area contributed by atoms with Gasteiger partial charge in [0.2, 0.25) is 0 Å². The highest BCUT2D eigenvalue weighted by molar-refractivity contribution is 5.41. The summed E-state index contributed by atoms with van der Waals surface area (Å²) >= 11 is 0. The van der Waals surface area contributed by atoms with Crippen LogP contribution in [0.2, 0.25) is 0 Å². The van der Waals surface area contributed by atoms with Gasteiger partial charge in [0.1, 0.15) is 0 Å². The van der Waals surface area contributed by atoms with E-state index in [0.29, 0.717) is 18.2 Å². The summed E-state index contributed by atoms with van der Waals surface area (Å²) < 4.78 is 102. The summed E-state index contributed by atoms with van der Waals surface area (Å²) in [4.78, 5) is 0. The molecule has 1 atom stereocenters. The zero-order chi connectivity index (χ0) is 15.0. The van der Waals surface area contributed by atoms with Crippen LogP contribution >= 0.6 is 0 Å². The van der Waals surface area contributed by atoms with E-state index in [1.165, 1.54) is 0 Å². The molecule has 108 valence electrons. The highest BCUT2D eigenvalue weighted by Gasteiger charge is 2.43. The van der Waals surface area contributed by atoms with E-state index in [1.807, 2.05) is 0 Å². The van der Waals surface area contributed by atoms with Crippen LogP contribution in [0.1, 0.15) is 29.8 Å². The lowest BCUT2D eigenvalue weighted by molar-refractivity contribution is -0.141. The summed E-state index contributed by atoms with van der Waals surface area (Å²) in [6.07, 6.45) is -12.1. The third-order valence-electron chi connectivity index (χ3n) is 2.36. The van der Waals surface area contributed by atoms with Gasteiger partial charge < -0.3 is 0 Å². The van der Waals surface area contributed by atoms with E-state index in [2.05, 4.69) is 0 Å². The molecule has 1 unspecified atom stereocenters. The van der Waals surface area contributed by atoms with E-state index < -0.39 is 41.4 Å². The first-order chi connectivity index (χ1) is 8.46. The third-order valence-corrected chi connectivity index (χ3v) is 2.36. The Labute approximate surface area is 103 Å². The van der Waals surface area contributed by atoms with E-state index in [9.17, 15) is 35.1 Å². The minimum Gasteiger partial charge on any atom is -0.236 e. The monoisotopic (exact) mass is 292 g/mol. The van der Waals surface area contributed by atoms with Gasteiger partial charge in [-0.25, -0.2) is 22.0 Å². The number of hydrogen-bond donors (Lipinski definition) is 0. The first-order valence-electron chi connectivity index (χ1n) is 4.97. The molecule has 0 saturated heterocycles. The Morgan fingerprint density at radius 3 is 1.84 bits per heavy atom. The molecule has 0 amide bonds. The van der Waals surface area contributed by atoms with Crippen LogP contribution in [0, 0.1) is 0 Å². The van der Waals surface area contributed by atoms with E-state index >= 15 is 0 Å². The molecule has 1 rings (SSSR count). The van der Waals surface area contributed by atoms with Crippen LogP contribution < -0.4 is 0 Å². The normalized spacial score (nSPS) is 14.8. The molecule has 0 spiro atoms. The molecular weight excluding hydrogens is 284 g/mol. The summed E-state index contributed by atoms with van der Waals surface area (Å²) in [6.45, 7) is 0.0965. The topological polar surface area (TPSA) is 0 Å². The first-order valence-corrected chi connectivity index (χ1v) is 4.97. The SMILES string of the molecule is CC(F)(F)c1c(C(F)C(F)F)cccc1C(F)(F)F. The van der Waals surface area contributed by atoms with Crippen molar-refractivity contribution in [3.63, 3.8) is 0 Å². The van der Waals surface area contributed by atoms with Crippen LogP contribution in [0.4, 0.5) is 35.1 Å². The molecule has 0 saturated carbocycles. The van der Waals surface area contributed by atoms with Crippen molar-refractivity contribution < 1.29 is 35.1 Å². The maximum atomic E-state index is 13.2. The van der Waals surface area contributed by atoms with Gasteiger partial charge in [-0.2, -0.15) is 13.2 Å². The molecule has 0 nitrogen and oxygen atoms in total. The van der Waals surface area contributed by atoms with Crippen molar-refractivity contribution in [2.75, 3.05) is 0 Å². The van der Waals surface area contributed by atoms with E-state index in [1.54, 1.807) is 0 Å². The molecule has 0 aliphatic heterocycles. The standard InChI is InChI=1S/C11H8F8/c1-10(15,16)7-5(8(12)9(13)14)3-2-4-6(7)11(17,18)19/h2-4,8-9H,1H3. The largest absolute Gasteiger partial charge is 0.416 e. The molecule has 0 bridgehead atoms. The summed E-state index contributed by atoms with van der Waals surface area (Å²) in [5.74, 6) is -4.10. The predicted octanol–water partition coefficient (Wildman–Crippen LogP) is 5.09. The second-order valence-corrected chi connectivity index (χ2v) is 3.89. The number of halogens is 8. The zero-order valence-corrected chi connectivity index (χ0v) is 9.41. The molecule has 0 fully saturated rings. The molecule has 1 aromatic carbocycles. The molecule has 8 heteroatoms. The van der Waals surface area contributed by atoms with Crippen LogP contribution in [-0.4, -0.2) is 6.43 Å². The quantitative estimate of drug-likeness (QED) is 0.680. The Morgan fingerprint density at radius 2 is 1.47 bits per heavy atom. The fourth-order valence-electron chi connectivity index (χ4n) is 1.66. The second kappa shape index (κ2) is 4.97. The van der Waals surface area contributed by atoms with Crippen molar-refractivity contribution in [2.24, 2.45) is 0 Å². The van der Waals surface area contributed by atoms with Gasteiger partial charge in [0.25, 0.3) is 12.3 Å². The van der Waals surface area contributed by atoms with Crippen molar-refractivity contribution in [2.45, 2.75) is 31.6 Å². The molecule has 1 aromatic rings. The van der Waals surface area contributed by atoms with Gasteiger partial charge in [-0.1, -0.05) is 12.1 Å². The summed E-state index contributed by atoms with van der Waals surface area (Å²) in [5, 5.41) is 0. The molecule has 0 aromatic heterocycles. The van der Waals surface area contributed by atoms with Crippen LogP contribution in [0.25, 0.3) is 0 Å². The highest BCUT2D eigenvalue weighted by Crippen LogP contribution is 2.44. The Bertz CT molecular complexity index is 443. The maximum Gasteiger partial charge on any atom is 0.416 e. The van der Waals surface area contributed by atoms with Gasteiger partial charge in [-0.15, -0.1) is 0 Å². The second-order valence-electron chi connectivity index (χ2n) is 3.89. The average molecular weight is 292 g/mol. The van der Waals surface area contributed by atoms with Crippen LogP contribution in [-0.2, 0) is 12.1 Å². The van der Waals surface area contributed by atoms with Crippen LogP contribution in [0.5, 0.6) is 0 Å². The molecule has 0 heterocycles. The smallest absolute Gasteiger partial charge is 0.236 e. The van der Waals surface area contributed by atoms with E-state index in [0.717, 1.165) is 0 Å². The first kappa shape index (κ1) is 15.7. The van der Waals surface area contributed by atoms with Crippen molar-refractivity contribution >= 4 is 0 Å². The lowest BCUT2D eigenvalue weighted by atomic mass is 9.93. The maximum absolute atomic E-state index is 13.2. The molecule has 0 N–H and O–H groups in total. The van der Waals surface area contributed by atoms with Gasteiger partial charge in [0.05, 0.1) is 5.56 Å². The third kappa shape index (κ3) is 3.36. The Balaban J connectivity index is 3.58. The Kier molecular flexibility index (Phi) is 4.11. The van der Waals surface area contributed by atoms with E-state index in [4.69, 9.17) is 0 Å². The van der Waals surface area contributed by atoms with Gasteiger partial charge in [0.15, 0.2) is 6.17 Å². The Hall–Kier alpha value is -1.34. The molecule has 0 radical (unpaired) electrons. The molecule has 0 aliphatic carbocycles. The van der Waals surface area contributed by atoms with Gasteiger partial charge in [-0.3, -0.25) is 0 Å². The Morgan fingerprint density at radius 1 is 0.947 bits per heavy atom. The number of hydrogen-bond acceptors (Lipinski definition) is 0. The van der Waals surface area contributed by atoms with Crippen LogP contribution in [0.3, 0.4) is 0 Å². The fraction of sp³-hybridized carbons (Fsp3) is 0.455. The van der Waals surface area contributed by atoms with Gasteiger partial charge >= 0.3 is 6.18 Å². The highest BCUT2D eigenvalue weighted by atomic mass is 19.4. The summed E-state index contributed by atoms with van der Waals surface area (Å²) in [7, 11) is 0. The van der Waals surface area contributed by atoms with Crippen molar-refractivity contribution in [1.82, 2.24) is 0 Å². The van der Waals surface area contributed by atoms with Crippen LogP contribution in [0.15, 0.2) is 18.2 Å². The van der Waals surface area contributed by atoms with E-state index in [-0.39, 0.29) is 6.92 Å². The molecule has 19 heavy (non-hydrogen) atoms. The fourth-order valence-corrected chi connectivity index (χ4v) is 1.66. The van der Waals surface area contributed by atoms with Crippen molar-refractivity contribution in [3.05, 3.63) is 34.9 Å². The predicted molar refractivity (Wildman–Crippen MR) is 50.9 cm³/mol. The van der Waals surface area contributed by atoms with Crippen molar-refractivity contribution in [1.29, 1.82) is 0 Å². The van der Waals surface area contributed by atoms with Gasteiger partial charge in [0, 0.05) is 18.1 Å².